The Balaban J connectivity index is 1.95. The van der Waals surface area contributed by atoms with Crippen LogP contribution in [-0.2, 0) is 4.74 Å². The van der Waals surface area contributed by atoms with Crippen LogP contribution < -0.4 is 5.32 Å². The number of aromatic nitrogens is 1. The number of rotatable bonds is 4. The van der Waals surface area contributed by atoms with Gasteiger partial charge in [-0.15, -0.1) is 0 Å². The quantitative estimate of drug-likeness (QED) is 0.920. The fourth-order valence-corrected chi connectivity index (χ4v) is 3.07. The molecule has 1 saturated heterocycles. The zero-order chi connectivity index (χ0) is 17.2. The van der Waals surface area contributed by atoms with Crippen molar-refractivity contribution >= 4 is 6.09 Å². The van der Waals surface area contributed by atoms with Crippen LogP contribution in [0.2, 0.25) is 0 Å². The van der Waals surface area contributed by atoms with Crippen molar-refractivity contribution in [3.05, 3.63) is 17.0 Å². The summed E-state index contributed by atoms with van der Waals surface area (Å²) in [5, 5.41) is 7.69. The molecule has 2 atom stereocenters. The van der Waals surface area contributed by atoms with Crippen LogP contribution >= 0.6 is 0 Å². The smallest absolute Gasteiger partial charge is 0.410 e. The van der Waals surface area contributed by atoms with Crippen molar-refractivity contribution in [2.75, 3.05) is 13.1 Å². The number of hydrogen-bond acceptors (Lipinski definition) is 5. The number of ether oxygens (including phenoxy) is 1. The number of carbonyl (C=O) groups excluding carboxylic acids is 1. The Kier molecular flexibility index (Phi) is 5.34. The van der Waals surface area contributed by atoms with Crippen LogP contribution in [0.1, 0.15) is 63.6 Å². The second-order valence-corrected chi connectivity index (χ2v) is 7.28. The minimum Gasteiger partial charge on any atom is -0.444 e. The molecule has 0 radical (unpaired) electrons. The van der Waals surface area contributed by atoms with E-state index in [1.165, 1.54) is 0 Å². The third-order valence-electron chi connectivity index (χ3n) is 4.12. The standard InChI is InChI=1S/C17H29N3O3/c1-7-14(15-11(2)19-23-12(15)3)18-13-8-9-20(10-13)16(21)22-17(4,5)6/h13-14,18H,7-10H2,1-6H3/t13-,14+/m0/s1. The van der Waals surface area contributed by atoms with E-state index >= 15 is 0 Å². The molecule has 6 nitrogen and oxygen atoms in total. The van der Waals surface area contributed by atoms with Crippen molar-refractivity contribution in [1.82, 2.24) is 15.4 Å². The van der Waals surface area contributed by atoms with Crippen molar-refractivity contribution in [2.24, 2.45) is 0 Å². The summed E-state index contributed by atoms with van der Waals surface area (Å²) < 4.78 is 10.7. The van der Waals surface area contributed by atoms with Crippen LogP contribution in [0.25, 0.3) is 0 Å². The number of hydrogen-bond donors (Lipinski definition) is 1. The Morgan fingerprint density at radius 3 is 2.70 bits per heavy atom. The lowest BCUT2D eigenvalue weighted by atomic mass is 10.0. The predicted octanol–water partition coefficient (Wildman–Crippen LogP) is 3.34. The zero-order valence-electron chi connectivity index (χ0n) is 15.1. The van der Waals surface area contributed by atoms with Crippen molar-refractivity contribution in [1.29, 1.82) is 0 Å². The molecule has 0 unspecified atom stereocenters. The van der Waals surface area contributed by atoms with E-state index < -0.39 is 5.60 Å². The fraction of sp³-hybridized carbons (Fsp3) is 0.765. The fourth-order valence-electron chi connectivity index (χ4n) is 3.07. The van der Waals surface area contributed by atoms with Crippen LogP contribution in [0.3, 0.4) is 0 Å². The molecule has 1 amide bonds. The first kappa shape index (κ1) is 17.8. The summed E-state index contributed by atoms with van der Waals surface area (Å²) in [6.07, 6.45) is 1.65. The Bertz CT molecular complexity index is 528. The molecule has 2 heterocycles. The number of aryl methyl sites for hydroxylation is 2. The first-order valence-corrected chi connectivity index (χ1v) is 8.38. The molecule has 23 heavy (non-hydrogen) atoms. The van der Waals surface area contributed by atoms with E-state index in [0.29, 0.717) is 6.54 Å². The van der Waals surface area contributed by atoms with E-state index in [-0.39, 0.29) is 18.2 Å². The summed E-state index contributed by atoms with van der Waals surface area (Å²) in [4.78, 5) is 13.9. The van der Waals surface area contributed by atoms with Gasteiger partial charge in [-0.2, -0.15) is 0 Å². The zero-order valence-corrected chi connectivity index (χ0v) is 15.1. The molecular formula is C17H29N3O3. The van der Waals surface area contributed by atoms with Gasteiger partial charge >= 0.3 is 6.09 Å². The molecule has 0 saturated carbocycles. The van der Waals surface area contributed by atoms with E-state index in [2.05, 4.69) is 17.4 Å². The predicted molar refractivity (Wildman–Crippen MR) is 88.4 cm³/mol. The van der Waals surface area contributed by atoms with Crippen LogP contribution in [0.4, 0.5) is 4.79 Å². The average Bonchev–Trinajstić information content (AvgIpc) is 3.02. The first-order chi connectivity index (χ1) is 10.7. The van der Waals surface area contributed by atoms with Crippen molar-refractivity contribution in [2.45, 2.75) is 72.1 Å². The SMILES string of the molecule is CC[C@@H](N[C@H]1CCN(C(=O)OC(C)(C)C)C1)c1c(C)noc1C. The van der Waals surface area contributed by atoms with Gasteiger partial charge in [-0.1, -0.05) is 12.1 Å². The molecule has 1 aromatic rings. The van der Waals surface area contributed by atoms with Gasteiger partial charge in [-0.05, 0) is 47.5 Å². The van der Waals surface area contributed by atoms with Gasteiger partial charge in [0.2, 0.25) is 0 Å². The Labute approximate surface area is 138 Å². The van der Waals surface area contributed by atoms with Crippen LogP contribution in [-0.4, -0.2) is 40.9 Å². The van der Waals surface area contributed by atoms with Gasteiger partial charge in [0.05, 0.1) is 5.69 Å². The molecule has 1 N–H and O–H groups in total. The molecule has 0 spiro atoms. The van der Waals surface area contributed by atoms with Crippen molar-refractivity contribution < 1.29 is 14.1 Å². The molecule has 0 aromatic carbocycles. The summed E-state index contributed by atoms with van der Waals surface area (Å²) in [5.41, 5.74) is 1.62. The van der Waals surface area contributed by atoms with Gasteiger partial charge in [0, 0.05) is 30.7 Å². The maximum atomic E-state index is 12.1. The lowest BCUT2D eigenvalue weighted by molar-refractivity contribution is 0.0290. The van der Waals surface area contributed by atoms with Gasteiger partial charge in [0.25, 0.3) is 0 Å². The van der Waals surface area contributed by atoms with Gasteiger partial charge in [0.1, 0.15) is 11.4 Å². The number of nitrogens with one attached hydrogen (secondary N) is 1. The third kappa shape index (κ3) is 4.47. The molecule has 1 aromatic heterocycles. The Hall–Kier alpha value is -1.56. The summed E-state index contributed by atoms with van der Waals surface area (Å²) in [7, 11) is 0. The molecule has 2 rings (SSSR count). The second-order valence-electron chi connectivity index (χ2n) is 7.28. The largest absolute Gasteiger partial charge is 0.444 e. The van der Waals surface area contributed by atoms with E-state index in [9.17, 15) is 4.79 Å². The summed E-state index contributed by atoms with van der Waals surface area (Å²) in [6.45, 7) is 13.1. The lowest BCUT2D eigenvalue weighted by Crippen LogP contribution is -2.39. The van der Waals surface area contributed by atoms with Crippen LogP contribution in [0, 0.1) is 13.8 Å². The van der Waals surface area contributed by atoms with Gasteiger partial charge in [0.15, 0.2) is 0 Å². The topological polar surface area (TPSA) is 67.6 Å². The van der Waals surface area contributed by atoms with Crippen molar-refractivity contribution in [3.8, 4) is 0 Å². The number of likely N-dealkylation sites (tertiary alicyclic amines) is 1. The first-order valence-electron chi connectivity index (χ1n) is 8.38. The molecule has 0 aliphatic carbocycles. The highest BCUT2D eigenvalue weighted by Crippen LogP contribution is 2.26. The minimum atomic E-state index is -0.453. The molecule has 130 valence electrons. The normalized spacial score (nSPS) is 19.9. The van der Waals surface area contributed by atoms with Crippen LogP contribution in [0.15, 0.2) is 4.52 Å². The molecule has 1 aliphatic heterocycles. The third-order valence-corrected chi connectivity index (χ3v) is 4.12. The number of amides is 1. The summed E-state index contributed by atoms with van der Waals surface area (Å²) >= 11 is 0. The van der Waals surface area contributed by atoms with E-state index in [1.54, 1.807) is 4.90 Å². The number of carbonyl (C=O) groups is 1. The van der Waals surface area contributed by atoms with Gasteiger partial charge < -0.3 is 19.5 Å². The second kappa shape index (κ2) is 6.91. The van der Waals surface area contributed by atoms with E-state index in [0.717, 1.165) is 36.4 Å². The summed E-state index contributed by atoms with van der Waals surface area (Å²) in [5.74, 6) is 0.865. The molecule has 1 aliphatic rings. The molecule has 6 heteroatoms. The van der Waals surface area contributed by atoms with E-state index in [4.69, 9.17) is 9.26 Å². The lowest BCUT2D eigenvalue weighted by Gasteiger charge is -2.25. The van der Waals surface area contributed by atoms with Crippen molar-refractivity contribution in [3.63, 3.8) is 0 Å². The van der Waals surface area contributed by atoms with Crippen LogP contribution in [0.5, 0.6) is 0 Å². The Morgan fingerprint density at radius 2 is 2.17 bits per heavy atom. The average molecular weight is 323 g/mol. The van der Waals surface area contributed by atoms with Gasteiger partial charge in [-0.3, -0.25) is 0 Å². The maximum Gasteiger partial charge on any atom is 0.410 e. The minimum absolute atomic E-state index is 0.199. The maximum absolute atomic E-state index is 12.1. The highest BCUT2D eigenvalue weighted by molar-refractivity contribution is 5.68. The monoisotopic (exact) mass is 323 g/mol. The molecule has 1 fully saturated rings. The van der Waals surface area contributed by atoms with Gasteiger partial charge in [-0.25, -0.2) is 4.79 Å². The summed E-state index contributed by atoms with van der Waals surface area (Å²) in [6, 6.07) is 0.464. The van der Waals surface area contributed by atoms with E-state index in [1.807, 2.05) is 34.6 Å². The highest BCUT2D eigenvalue weighted by Gasteiger charge is 2.31. The highest BCUT2D eigenvalue weighted by atomic mass is 16.6. The number of nitrogens with zero attached hydrogens (tertiary/aromatic N) is 2. The molecular weight excluding hydrogens is 294 g/mol. The Morgan fingerprint density at radius 1 is 1.48 bits per heavy atom. The molecule has 0 bridgehead atoms.